The van der Waals surface area contributed by atoms with Gasteiger partial charge in [0.1, 0.15) is 0 Å². The van der Waals surface area contributed by atoms with Gasteiger partial charge in [-0.05, 0) is 32.6 Å². The second-order valence-electron chi connectivity index (χ2n) is 6.44. The monoisotopic (exact) mass is 266 g/mol. The van der Waals surface area contributed by atoms with Crippen LogP contribution < -0.4 is 5.32 Å². The fourth-order valence-corrected chi connectivity index (χ4v) is 4.01. The van der Waals surface area contributed by atoms with Gasteiger partial charge >= 0.3 is 0 Å². The number of ether oxygens (including phenoxy) is 1. The summed E-state index contributed by atoms with van der Waals surface area (Å²) >= 11 is 0. The van der Waals surface area contributed by atoms with Crippen LogP contribution >= 0.6 is 0 Å². The normalized spacial score (nSPS) is 37.7. The number of nitrogens with one attached hydrogen (secondary N) is 1. The average Bonchev–Trinajstić information content (AvgIpc) is 3.08. The summed E-state index contributed by atoms with van der Waals surface area (Å²) in [7, 11) is 0. The Kier molecular flexibility index (Phi) is 3.56. The highest BCUT2D eigenvalue weighted by molar-refractivity contribution is 5.89. The van der Waals surface area contributed by atoms with Crippen LogP contribution in [0.3, 0.4) is 0 Å². The van der Waals surface area contributed by atoms with Crippen molar-refractivity contribution in [2.24, 2.45) is 5.92 Å². The van der Waals surface area contributed by atoms with Crippen molar-refractivity contribution in [3.63, 3.8) is 0 Å². The Morgan fingerprint density at radius 3 is 2.74 bits per heavy atom. The summed E-state index contributed by atoms with van der Waals surface area (Å²) in [6.45, 7) is 6.02. The van der Waals surface area contributed by atoms with Crippen molar-refractivity contribution in [3.8, 4) is 0 Å². The molecule has 19 heavy (non-hydrogen) atoms. The Balaban J connectivity index is 1.73. The molecule has 0 aromatic carbocycles. The van der Waals surface area contributed by atoms with Gasteiger partial charge in [0.15, 0.2) is 0 Å². The van der Waals surface area contributed by atoms with Gasteiger partial charge in [0, 0.05) is 19.1 Å². The largest absolute Gasteiger partial charge is 0.378 e. The Morgan fingerprint density at radius 1 is 1.42 bits per heavy atom. The maximum Gasteiger partial charge on any atom is 0.244 e. The van der Waals surface area contributed by atoms with E-state index in [4.69, 9.17) is 4.74 Å². The molecule has 2 aliphatic heterocycles. The standard InChI is InChI=1S/C15H26N2O2/c1-3-13-16-15(7-4-5-8-15)14(18)17(13)10-12-6-9-19-11(12)2/h11-13,16H,3-10H2,1-2H3. The molecule has 3 aliphatic rings. The van der Waals surface area contributed by atoms with Crippen LogP contribution in [0, 0.1) is 5.92 Å². The minimum atomic E-state index is -0.219. The number of nitrogens with zero attached hydrogens (tertiary/aromatic N) is 1. The zero-order chi connectivity index (χ0) is 13.5. The molecule has 2 heterocycles. The minimum absolute atomic E-state index is 0.219. The van der Waals surface area contributed by atoms with Crippen molar-refractivity contribution in [1.29, 1.82) is 0 Å². The number of carbonyl (C=O) groups excluding carboxylic acids is 1. The first-order chi connectivity index (χ1) is 9.16. The molecule has 1 aliphatic carbocycles. The number of amides is 1. The summed E-state index contributed by atoms with van der Waals surface area (Å²) in [5.74, 6) is 0.868. The fraction of sp³-hybridized carbons (Fsp3) is 0.933. The molecule has 1 saturated carbocycles. The van der Waals surface area contributed by atoms with E-state index in [1.807, 2.05) is 0 Å². The summed E-state index contributed by atoms with van der Waals surface area (Å²) in [4.78, 5) is 14.9. The van der Waals surface area contributed by atoms with Crippen LogP contribution in [-0.4, -0.2) is 41.8 Å². The van der Waals surface area contributed by atoms with E-state index in [0.29, 0.717) is 17.9 Å². The Bertz CT molecular complexity index is 352. The second kappa shape index (κ2) is 5.06. The van der Waals surface area contributed by atoms with Crippen molar-refractivity contribution in [2.75, 3.05) is 13.2 Å². The van der Waals surface area contributed by atoms with Crippen molar-refractivity contribution in [1.82, 2.24) is 10.2 Å². The predicted molar refractivity (Wildman–Crippen MR) is 73.6 cm³/mol. The van der Waals surface area contributed by atoms with Gasteiger partial charge in [0.25, 0.3) is 0 Å². The lowest BCUT2D eigenvalue weighted by Gasteiger charge is -2.27. The third-order valence-corrected chi connectivity index (χ3v) is 5.30. The molecule has 3 atom stereocenters. The smallest absolute Gasteiger partial charge is 0.244 e. The number of hydrogen-bond donors (Lipinski definition) is 1. The topological polar surface area (TPSA) is 41.6 Å². The van der Waals surface area contributed by atoms with Crippen LogP contribution in [-0.2, 0) is 9.53 Å². The van der Waals surface area contributed by atoms with Crippen LogP contribution in [0.5, 0.6) is 0 Å². The maximum absolute atomic E-state index is 12.8. The molecule has 0 bridgehead atoms. The van der Waals surface area contributed by atoms with E-state index in [-0.39, 0.29) is 11.7 Å². The molecule has 0 aromatic heterocycles. The molecule has 1 amide bonds. The highest BCUT2D eigenvalue weighted by Gasteiger charge is 2.52. The third-order valence-electron chi connectivity index (χ3n) is 5.30. The summed E-state index contributed by atoms with van der Waals surface area (Å²) < 4.78 is 5.64. The first-order valence-corrected chi connectivity index (χ1v) is 7.86. The lowest BCUT2D eigenvalue weighted by atomic mass is 9.97. The van der Waals surface area contributed by atoms with Gasteiger partial charge in [-0.3, -0.25) is 10.1 Å². The van der Waals surface area contributed by atoms with Gasteiger partial charge in [-0.1, -0.05) is 19.8 Å². The third kappa shape index (κ3) is 2.19. The molecule has 3 fully saturated rings. The van der Waals surface area contributed by atoms with E-state index in [0.717, 1.165) is 38.8 Å². The average molecular weight is 266 g/mol. The molecule has 1 spiro atoms. The van der Waals surface area contributed by atoms with Gasteiger partial charge in [0.05, 0.1) is 17.8 Å². The lowest BCUT2D eigenvalue weighted by Crippen LogP contribution is -2.44. The fourth-order valence-electron chi connectivity index (χ4n) is 4.01. The zero-order valence-electron chi connectivity index (χ0n) is 12.2. The molecule has 1 N–H and O–H groups in total. The summed E-state index contributed by atoms with van der Waals surface area (Å²) in [6, 6.07) is 0. The van der Waals surface area contributed by atoms with Crippen LogP contribution in [0.15, 0.2) is 0 Å². The summed E-state index contributed by atoms with van der Waals surface area (Å²) in [5.41, 5.74) is -0.219. The predicted octanol–water partition coefficient (Wildman–Crippen LogP) is 1.89. The van der Waals surface area contributed by atoms with E-state index >= 15 is 0 Å². The molecule has 0 radical (unpaired) electrons. The van der Waals surface area contributed by atoms with Crippen molar-refractivity contribution in [2.45, 2.75) is 70.2 Å². The van der Waals surface area contributed by atoms with Crippen LogP contribution in [0.2, 0.25) is 0 Å². The molecular formula is C15H26N2O2. The molecule has 0 aromatic rings. The highest BCUT2D eigenvalue weighted by atomic mass is 16.5. The van der Waals surface area contributed by atoms with E-state index in [2.05, 4.69) is 24.1 Å². The minimum Gasteiger partial charge on any atom is -0.378 e. The zero-order valence-corrected chi connectivity index (χ0v) is 12.2. The molecule has 4 heteroatoms. The molecule has 3 unspecified atom stereocenters. The number of carbonyl (C=O) groups is 1. The van der Waals surface area contributed by atoms with Crippen molar-refractivity contribution < 1.29 is 9.53 Å². The molecule has 108 valence electrons. The quantitative estimate of drug-likeness (QED) is 0.848. The molecule has 4 nitrogen and oxygen atoms in total. The van der Waals surface area contributed by atoms with Gasteiger partial charge in [-0.25, -0.2) is 0 Å². The van der Waals surface area contributed by atoms with Crippen LogP contribution in [0.1, 0.15) is 52.4 Å². The van der Waals surface area contributed by atoms with Gasteiger partial charge in [-0.15, -0.1) is 0 Å². The molecule has 3 rings (SSSR count). The van der Waals surface area contributed by atoms with E-state index < -0.39 is 0 Å². The molecular weight excluding hydrogens is 240 g/mol. The molecule has 2 saturated heterocycles. The van der Waals surface area contributed by atoms with Crippen LogP contribution in [0.4, 0.5) is 0 Å². The van der Waals surface area contributed by atoms with Crippen LogP contribution in [0.25, 0.3) is 0 Å². The first kappa shape index (κ1) is 13.4. The summed E-state index contributed by atoms with van der Waals surface area (Å²) in [6.07, 6.45) is 7.04. The van der Waals surface area contributed by atoms with Gasteiger partial charge in [0.2, 0.25) is 5.91 Å². The number of hydrogen-bond acceptors (Lipinski definition) is 3. The SMILES string of the molecule is CCC1NC2(CCCC2)C(=O)N1CC1CCOC1C. The second-order valence-corrected chi connectivity index (χ2v) is 6.44. The van der Waals surface area contributed by atoms with Gasteiger partial charge in [-0.2, -0.15) is 0 Å². The Hall–Kier alpha value is -0.610. The summed E-state index contributed by atoms with van der Waals surface area (Å²) in [5, 5.41) is 3.64. The van der Waals surface area contributed by atoms with Crippen molar-refractivity contribution in [3.05, 3.63) is 0 Å². The van der Waals surface area contributed by atoms with E-state index in [9.17, 15) is 4.79 Å². The van der Waals surface area contributed by atoms with E-state index in [1.165, 1.54) is 12.8 Å². The number of rotatable bonds is 3. The first-order valence-electron chi connectivity index (χ1n) is 7.86. The van der Waals surface area contributed by atoms with E-state index in [1.54, 1.807) is 0 Å². The Morgan fingerprint density at radius 2 is 2.16 bits per heavy atom. The lowest BCUT2D eigenvalue weighted by molar-refractivity contribution is -0.134. The maximum atomic E-state index is 12.8. The van der Waals surface area contributed by atoms with Gasteiger partial charge < -0.3 is 9.64 Å². The van der Waals surface area contributed by atoms with Crippen molar-refractivity contribution >= 4 is 5.91 Å². The highest BCUT2D eigenvalue weighted by Crippen LogP contribution is 2.38. The Labute approximate surface area is 115 Å².